The zero-order chi connectivity index (χ0) is 35.7. The number of aliphatic carboxylic acids is 2. The van der Waals surface area contributed by atoms with E-state index >= 15 is 0 Å². The van der Waals surface area contributed by atoms with Crippen molar-refractivity contribution in [3.63, 3.8) is 0 Å². The highest BCUT2D eigenvalue weighted by Crippen LogP contribution is 2.39. The van der Waals surface area contributed by atoms with Gasteiger partial charge in [0.2, 0.25) is 16.0 Å². The highest BCUT2D eigenvalue weighted by Gasteiger charge is 2.40. The van der Waals surface area contributed by atoms with Crippen LogP contribution in [0.15, 0.2) is 47.0 Å². The molecule has 7 N–H and O–H groups in total. The van der Waals surface area contributed by atoms with Crippen molar-refractivity contribution >= 4 is 33.6 Å². The first-order valence-corrected chi connectivity index (χ1v) is 17.3. The van der Waals surface area contributed by atoms with E-state index in [-0.39, 0.29) is 18.3 Å². The maximum absolute atomic E-state index is 13.8. The predicted octanol–water partition coefficient (Wildman–Crippen LogP) is 3.27. The second-order valence-electron chi connectivity index (χ2n) is 12.6. The Bertz CT molecular complexity index is 1450. The summed E-state index contributed by atoms with van der Waals surface area (Å²) in [5, 5.41) is 20.7. The predicted molar refractivity (Wildman–Crippen MR) is 178 cm³/mol. The van der Waals surface area contributed by atoms with Gasteiger partial charge < -0.3 is 36.5 Å². The molecule has 0 spiro atoms. The van der Waals surface area contributed by atoms with Crippen LogP contribution in [0, 0.1) is 11.7 Å². The van der Waals surface area contributed by atoms with Gasteiger partial charge in [0.1, 0.15) is 11.9 Å². The fourth-order valence-corrected chi connectivity index (χ4v) is 5.41. The molecule has 1 saturated heterocycles. The van der Waals surface area contributed by atoms with Gasteiger partial charge in [0.05, 0.1) is 36.1 Å². The number of benzene rings is 1. The normalized spacial score (nSPS) is 23.4. The number of ether oxygens (including phenoxy) is 2. The van der Waals surface area contributed by atoms with Crippen LogP contribution >= 0.6 is 0 Å². The summed E-state index contributed by atoms with van der Waals surface area (Å²) in [6, 6.07) is 5.19. The van der Waals surface area contributed by atoms with Crippen molar-refractivity contribution in [3.8, 4) is 0 Å². The largest absolute Gasteiger partial charge is 0.481 e. The SMILES string of the molecule is CC(C)C1(C)N=C(N(C)S(C)(=O)=O)NC(c2ccc(F)cc2)=C1/C=C/[C@H]1C[C@@H](CC(=O)O)OC(C)(C)O1.NCCCC[C@H](N)C(=O)O. The number of carboxylic acids is 2. The lowest BCUT2D eigenvalue weighted by atomic mass is 9.78. The average molecular weight is 684 g/mol. The number of guanidine groups is 1. The minimum Gasteiger partial charge on any atom is -0.481 e. The number of nitrogens with one attached hydrogen (secondary N) is 1. The number of carbonyl (C=O) groups is 2. The molecule has 1 unspecified atom stereocenters. The lowest BCUT2D eigenvalue weighted by molar-refractivity contribution is -0.290. The molecule has 264 valence electrons. The molecule has 13 nitrogen and oxygen atoms in total. The first-order chi connectivity index (χ1) is 21.7. The molecule has 4 atom stereocenters. The smallest absolute Gasteiger partial charge is 0.320 e. The van der Waals surface area contributed by atoms with Crippen molar-refractivity contribution in [2.45, 2.75) is 96.3 Å². The van der Waals surface area contributed by atoms with E-state index in [9.17, 15) is 27.5 Å². The van der Waals surface area contributed by atoms with Crippen molar-refractivity contribution in [2.75, 3.05) is 19.8 Å². The lowest BCUT2D eigenvalue weighted by Crippen LogP contribution is -2.49. The number of rotatable bonds is 12. The molecule has 2 aliphatic rings. The molecular weight excluding hydrogens is 633 g/mol. The van der Waals surface area contributed by atoms with E-state index in [1.54, 1.807) is 26.0 Å². The monoisotopic (exact) mass is 683 g/mol. The van der Waals surface area contributed by atoms with Gasteiger partial charge in [-0.05, 0) is 75.9 Å². The molecule has 1 aromatic rings. The van der Waals surface area contributed by atoms with Crippen LogP contribution in [0.1, 0.15) is 72.3 Å². The third-order valence-electron chi connectivity index (χ3n) is 7.99. The van der Waals surface area contributed by atoms with Crippen LogP contribution in [-0.2, 0) is 29.1 Å². The van der Waals surface area contributed by atoms with Crippen molar-refractivity contribution in [1.29, 1.82) is 0 Å². The van der Waals surface area contributed by atoms with Crippen molar-refractivity contribution < 1.29 is 42.1 Å². The number of hydrogen-bond acceptors (Lipinski definition) is 10. The zero-order valence-electron chi connectivity index (χ0n) is 28.2. The number of halogens is 1. The number of nitrogens with zero attached hydrogens (tertiary/aromatic N) is 2. The second kappa shape index (κ2) is 16.6. The van der Waals surface area contributed by atoms with Gasteiger partial charge in [-0.15, -0.1) is 0 Å². The molecule has 47 heavy (non-hydrogen) atoms. The van der Waals surface area contributed by atoms with E-state index in [4.69, 9.17) is 31.0 Å². The molecule has 0 bridgehead atoms. The van der Waals surface area contributed by atoms with E-state index in [0.717, 1.165) is 29.0 Å². The Balaban J connectivity index is 0.000000663. The summed E-state index contributed by atoms with van der Waals surface area (Å²) in [5.41, 5.74) is 11.5. The summed E-state index contributed by atoms with van der Waals surface area (Å²) in [6.45, 7) is 9.97. The summed E-state index contributed by atoms with van der Waals surface area (Å²) in [7, 11) is -2.19. The topological polar surface area (TPSA) is 207 Å². The molecule has 2 heterocycles. The van der Waals surface area contributed by atoms with Gasteiger partial charge in [-0.2, -0.15) is 0 Å². The Morgan fingerprint density at radius 3 is 2.30 bits per heavy atom. The van der Waals surface area contributed by atoms with Crippen LogP contribution in [0.25, 0.3) is 5.70 Å². The molecule has 2 aliphatic heterocycles. The number of aliphatic imine (C=N–C) groups is 1. The first kappa shape index (κ1) is 39.8. The van der Waals surface area contributed by atoms with Gasteiger partial charge >= 0.3 is 11.9 Å². The van der Waals surface area contributed by atoms with Crippen molar-refractivity contribution in [2.24, 2.45) is 22.4 Å². The number of sulfonamides is 1. The van der Waals surface area contributed by atoms with Crippen LogP contribution in [0.4, 0.5) is 4.39 Å². The molecular formula is C32H50FN5O8S. The molecule has 3 rings (SSSR count). The fraction of sp³-hybridized carbons (Fsp3) is 0.594. The van der Waals surface area contributed by atoms with Gasteiger partial charge in [-0.1, -0.05) is 32.4 Å². The zero-order valence-corrected chi connectivity index (χ0v) is 29.0. The molecule has 1 fully saturated rings. The summed E-state index contributed by atoms with van der Waals surface area (Å²) in [5.74, 6) is -3.16. The van der Waals surface area contributed by atoms with E-state index < -0.39 is 57.4 Å². The molecule has 0 aliphatic carbocycles. The first-order valence-electron chi connectivity index (χ1n) is 15.5. The summed E-state index contributed by atoms with van der Waals surface area (Å²) in [4.78, 5) is 26.3. The third kappa shape index (κ3) is 11.7. The van der Waals surface area contributed by atoms with Crippen LogP contribution in [0.2, 0.25) is 0 Å². The molecule has 1 aromatic carbocycles. The Labute approximate surface area is 276 Å². The Hall–Kier alpha value is -3.37. The number of unbranched alkanes of at least 4 members (excludes halogenated alkanes) is 1. The lowest BCUT2D eigenvalue weighted by Gasteiger charge is -2.41. The maximum Gasteiger partial charge on any atom is 0.320 e. The minimum absolute atomic E-state index is 0.0561. The van der Waals surface area contributed by atoms with Crippen LogP contribution in [0.3, 0.4) is 0 Å². The molecule has 0 radical (unpaired) electrons. The number of hydrogen-bond donors (Lipinski definition) is 5. The van der Waals surface area contributed by atoms with Gasteiger partial charge in [0.25, 0.3) is 0 Å². The fourth-order valence-electron chi connectivity index (χ4n) is 5.01. The quantitative estimate of drug-likeness (QED) is 0.202. The minimum atomic E-state index is -3.61. The highest BCUT2D eigenvalue weighted by atomic mass is 32.2. The second-order valence-corrected chi connectivity index (χ2v) is 14.6. The molecule has 0 saturated carbocycles. The summed E-state index contributed by atoms with van der Waals surface area (Å²) in [6.07, 6.45) is 6.23. The molecule has 15 heteroatoms. The van der Waals surface area contributed by atoms with Gasteiger partial charge in [-0.3, -0.25) is 9.59 Å². The van der Waals surface area contributed by atoms with E-state index in [1.165, 1.54) is 19.2 Å². The number of carboxylic acid groups (broad SMARTS) is 2. The van der Waals surface area contributed by atoms with E-state index in [1.807, 2.05) is 32.9 Å². The van der Waals surface area contributed by atoms with E-state index in [2.05, 4.69) is 5.32 Å². The molecule has 0 aromatic heterocycles. The Kier molecular flexibility index (Phi) is 14.1. The Morgan fingerprint density at radius 2 is 1.79 bits per heavy atom. The van der Waals surface area contributed by atoms with Gasteiger partial charge in [-0.25, -0.2) is 22.1 Å². The van der Waals surface area contributed by atoms with E-state index in [0.29, 0.717) is 30.6 Å². The van der Waals surface area contributed by atoms with Crippen molar-refractivity contribution in [1.82, 2.24) is 9.62 Å². The van der Waals surface area contributed by atoms with Crippen molar-refractivity contribution in [3.05, 3.63) is 53.4 Å². The highest BCUT2D eigenvalue weighted by molar-refractivity contribution is 7.88. The van der Waals surface area contributed by atoms with Crippen LogP contribution < -0.4 is 16.8 Å². The van der Waals surface area contributed by atoms with Gasteiger partial charge in [0.15, 0.2) is 5.79 Å². The standard InChI is InChI=1S/C26H36FN3O6S.C6H14N2O2/c1-16(2)26(5)21(13-12-19-14-20(15-22(31)32)36-25(3,4)35-19)23(17-8-10-18(27)11-9-17)28-24(29-26)30(6)37(7,33)34;7-4-2-1-3-5(8)6(9)10/h8-13,16,19-20H,14-15H2,1-7H3,(H,28,29)(H,31,32);5H,1-4,7-8H2,(H,9,10)/b13-12+;/t19-,20-,26?;5-/m00/s1. The molecule has 0 amide bonds. The van der Waals surface area contributed by atoms with Gasteiger partial charge in [0, 0.05) is 19.0 Å². The average Bonchev–Trinajstić information content (AvgIpc) is 2.94. The number of nitrogens with two attached hydrogens (primary N) is 2. The Morgan fingerprint density at radius 1 is 1.17 bits per heavy atom. The van der Waals surface area contributed by atoms with Crippen LogP contribution in [0.5, 0.6) is 0 Å². The summed E-state index contributed by atoms with van der Waals surface area (Å²) >= 11 is 0. The van der Waals surface area contributed by atoms with Crippen LogP contribution in [-0.4, -0.2) is 90.3 Å². The maximum atomic E-state index is 13.8. The third-order valence-corrected chi connectivity index (χ3v) is 9.16. The summed E-state index contributed by atoms with van der Waals surface area (Å²) < 4.78 is 51.3.